The maximum Gasteiger partial charge on any atom is 0.260 e. The molecule has 4 nitrogen and oxygen atoms in total. The van der Waals surface area contributed by atoms with Gasteiger partial charge in [-0.1, -0.05) is 43.5 Å². The molecular formula is C17H23N3O. The van der Waals surface area contributed by atoms with E-state index in [1.54, 1.807) is 0 Å². The van der Waals surface area contributed by atoms with Crippen LogP contribution in [-0.2, 0) is 0 Å². The van der Waals surface area contributed by atoms with Crippen LogP contribution < -0.4 is 5.32 Å². The van der Waals surface area contributed by atoms with Crippen LogP contribution in [0.25, 0.3) is 11.5 Å². The van der Waals surface area contributed by atoms with E-state index in [0.717, 1.165) is 17.2 Å². The Morgan fingerprint density at radius 1 is 1.24 bits per heavy atom. The molecule has 2 atom stereocenters. The number of hydrogen-bond donors (Lipinski definition) is 1. The molecule has 2 unspecified atom stereocenters. The number of aryl methyl sites for hydroxylation is 1. The minimum Gasteiger partial charge on any atom is -0.381 e. The van der Waals surface area contributed by atoms with Gasteiger partial charge in [-0.2, -0.15) is 4.98 Å². The van der Waals surface area contributed by atoms with Gasteiger partial charge in [-0.25, -0.2) is 0 Å². The molecule has 1 fully saturated rings. The number of hydrogen-bond acceptors (Lipinski definition) is 4. The van der Waals surface area contributed by atoms with Crippen LogP contribution in [0.2, 0.25) is 0 Å². The van der Waals surface area contributed by atoms with Crippen molar-refractivity contribution in [1.29, 1.82) is 0 Å². The first-order chi connectivity index (χ1) is 10.3. The number of nitrogens with one attached hydrogen (secondary N) is 1. The molecule has 0 spiro atoms. The lowest BCUT2D eigenvalue weighted by atomic mass is 9.82. The van der Waals surface area contributed by atoms with Crippen molar-refractivity contribution in [1.82, 2.24) is 10.1 Å². The Labute approximate surface area is 126 Å². The zero-order chi connectivity index (χ0) is 14.7. The first kappa shape index (κ1) is 14.1. The van der Waals surface area contributed by atoms with E-state index < -0.39 is 0 Å². The predicted octanol–water partition coefficient (Wildman–Crippen LogP) is 4.43. The van der Waals surface area contributed by atoms with Gasteiger partial charge in [-0.05, 0) is 37.8 Å². The maximum absolute atomic E-state index is 5.33. The summed E-state index contributed by atoms with van der Waals surface area (Å²) in [6.07, 6.45) is 6.49. The molecular weight excluding hydrogens is 262 g/mol. The van der Waals surface area contributed by atoms with Crippen molar-refractivity contribution >= 4 is 5.69 Å². The summed E-state index contributed by atoms with van der Waals surface area (Å²) in [6.45, 7) is 4.13. The highest BCUT2D eigenvalue weighted by molar-refractivity contribution is 5.72. The molecule has 1 N–H and O–H groups in total. The number of nitrogens with zero attached hydrogens (tertiary/aromatic N) is 2. The average Bonchev–Trinajstić information content (AvgIpc) is 2.95. The normalized spacial score (nSPS) is 22.2. The van der Waals surface area contributed by atoms with Crippen LogP contribution in [0, 0.1) is 12.8 Å². The maximum atomic E-state index is 5.33. The Hall–Kier alpha value is -1.84. The standard InChI is InChI=1S/C17H23N3O/c1-3-13-8-4-6-10-15(13)19-16-11-7-5-9-14(16)17-18-12(2)20-21-17/h5,7,9,11,13,15,19H,3-4,6,8,10H2,1-2H3. The largest absolute Gasteiger partial charge is 0.381 e. The number of anilines is 1. The van der Waals surface area contributed by atoms with E-state index >= 15 is 0 Å². The van der Waals surface area contributed by atoms with E-state index in [4.69, 9.17) is 4.52 Å². The third-order valence-corrected chi connectivity index (χ3v) is 4.46. The van der Waals surface area contributed by atoms with Crippen LogP contribution >= 0.6 is 0 Å². The molecule has 112 valence electrons. The van der Waals surface area contributed by atoms with Crippen LogP contribution in [0.15, 0.2) is 28.8 Å². The highest BCUT2D eigenvalue weighted by atomic mass is 16.5. The summed E-state index contributed by atoms with van der Waals surface area (Å²) in [5, 5.41) is 7.63. The number of benzene rings is 1. The van der Waals surface area contributed by atoms with Crippen LogP contribution in [0.1, 0.15) is 44.9 Å². The van der Waals surface area contributed by atoms with E-state index in [1.165, 1.54) is 32.1 Å². The van der Waals surface area contributed by atoms with Gasteiger partial charge in [-0.3, -0.25) is 0 Å². The number of para-hydroxylation sites is 1. The highest BCUT2D eigenvalue weighted by Gasteiger charge is 2.24. The van der Waals surface area contributed by atoms with Gasteiger partial charge in [0.2, 0.25) is 0 Å². The second kappa shape index (κ2) is 6.29. The van der Waals surface area contributed by atoms with E-state index in [1.807, 2.05) is 19.1 Å². The summed E-state index contributed by atoms with van der Waals surface area (Å²) in [4.78, 5) is 4.36. The van der Waals surface area contributed by atoms with Gasteiger partial charge < -0.3 is 9.84 Å². The van der Waals surface area contributed by atoms with Gasteiger partial charge in [0.25, 0.3) is 5.89 Å². The van der Waals surface area contributed by atoms with Crippen LogP contribution in [0.5, 0.6) is 0 Å². The predicted molar refractivity (Wildman–Crippen MR) is 84.1 cm³/mol. The summed E-state index contributed by atoms with van der Waals surface area (Å²) in [5.74, 6) is 2.03. The van der Waals surface area contributed by atoms with Gasteiger partial charge in [-0.15, -0.1) is 0 Å². The number of aromatic nitrogens is 2. The molecule has 0 radical (unpaired) electrons. The van der Waals surface area contributed by atoms with Gasteiger partial charge in [0.1, 0.15) is 0 Å². The van der Waals surface area contributed by atoms with Crippen molar-refractivity contribution in [3.63, 3.8) is 0 Å². The Kier molecular flexibility index (Phi) is 4.23. The molecule has 4 heteroatoms. The van der Waals surface area contributed by atoms with Crippen LogP contribution in [0.4, 0.5) is 5.69 Å². The SMILES string of the molecule is CCC1CCCCC1Nc1ccccc1-c1nc(C)no1. The smallest absolute Gasteiger partial charge is 0.260 e. The molecule has 0 bridgehead atoms. The second-order valence-corrected chi connectivity index (χ2v) is 5.90. The minimum absolute atomic E-state index is 0.550. The molecule has 1 saturated carbocycles. The van der Waals surface area contributed by atoms with E-state index in [-0.39, 0.29) is 0 Å². The van der Waals surface area contributed by atoms with E-state index in [9.17, 15) is 0 Å². The van der Waals surface area contributed by atoms with Crippen LogP contribution in [-0.4, -0.2) is 16.2 Å². The molecule has 3 rings (SSSR count). The van der Waals surface area contributed by atoms with Crippen molar-refractivity contribution in [2.24, 2.45) is 5.92 Å². The van der Waals surface area contributed by atoms with Gasteiger partial charge in [0.05, 0.1) is 5.56 Å². The van der Waals surface area contributed by atoms with E-state index in [2.05, 4.69) is 34.5 Å². The van der Waals surface area contributed by atoms with Crippen molar-refractivity contribution in [3.8, 4) is 11.5 Å². The van der Waals surface area contributed by atoms with Gasteiger partial charge in [0.15, 0.2) is 5.82 Å². The average molecular weight is 285 g/mol. The lowest BCUT2D eigenvalue weighted by Crippen LogP contribution is -2.31. The molecule has 1 aromatic carbocycles. The van der Waals surface area contributed by atoms with Gasteiger partial charge >= 0.3 is 0 Å². The van der Waals surface area contributed by atoms with Crippen LogP contribution in [0.3, 0.4) is 0 Å². The molecule has 0 amide bonds. The summed E-state index contributed by atoms with van der Waals surface area (Å²) in [5.41, 5.74) is 2.10. The summed E-state index contributed by atoms with van der Waals surface area (Å²) in [6, 6.07) is 8.76. The molecule has 1 aliphatic rings. The molecule has 1 aromatic heterocycles. The minimum atomic E-state index is 0.550. The monoisotopic (exact) mass is 285 g/mol. The Balaban J connectivity index is 1.85. The summed E-state index contributed by atoms with van der Waals surface area (Å²) >= 11 is 0. The lowest BCUT2D eigenvalue weighted by Gasteiger charge is -2.32. The lowest BCUT2D eigenvalue weighted by molar-refractivity contribution is 0.317. The summed E-state index contributed by atoms with van der Waals surface area (Å²) in [7, 11) is 0. The highest BCUT2D eigenvalue weighted by Crippen LogP contribution is 2.33. The molecule has 1 aliphatic carbocycles. The van der Waals surface area contributed by atoms with Crippen molar-refractivity contribution < 1.29 is 4.52 Å². The van der Waals surface area contributed by atoms with Crippen molar-refractivity contribution in [3.05, 3.63) is 30.1 Å². The quantitative estimate of drug-likeness (QED) is 0.903. The third kappa shape index (κ3) is 3.09. The first-order valence-corrected chi connectivity index (χ1v) is 7.94. The Bertz CT molecular complexity index is 593. The fourth-order valence-corrected chi connectivity index (χ4v) is 3.29. The van der Waals surface area contributed by atoms with E-state index in [0.29, 0.717) is 17.8 Å². The first-order valence-electron chi connectivity index (χ1n) is 7.94. The molecule has 21 heavy (non-hydrogen) atoms. The van der Waals surface area contributed by atoms with Crippen molar-refractivity contribution in [2.45, 2.75) is 52.0 Å². The zero-order valence-electron chi connectivity index (χ0n) is 12.8. The van der Waals surface area contributed by atoms with Gasteiger partial charge in [0, 0.05) is 11.7 Å². The summed E-state index contributed by atoms with van der Waals surface area (Å²) < 4.78 is 5.33. The molecule has 1 heterocycles. The Morgan fingerprint density at radius 2 is 2.05 bits per heavy atom. The van der Waals surface area contributed by atoms with Crippen molar-refractivity contribution in [2.75, 3.05) is 5.32 Å². The topological polar surface area (TPSA) is 51.0 Å². The second-order valence-electron chi connectivity index (χ2n) is 5.90. The zero-order valence-corrected chi connectivity index (χ0v) is 12.8. The number of rotatable bonds is 4. The molecule has 2 aromatic rings. The Morgan fingerprint density at radius 3 is 2.81 bits per heavy atom. The third-order valence-electron chi connectivity index (χ3n) is 4.46. The fraction of sp³-hybridized carbons (Fsp3) is 0.529. The fourth-order valence-electron chi connectivity index (χ4n) is 3.29. The molecule has 0 saturated heterocycles. The molecule has 0 aliphatic heterocycles.